The van der Waals surface area contributed by atoms with Crippen LogP contribution in [0.2, 0.25) is 0 Å². The molecule has 98 valence electrons. The summed E-state index contributed by atoms with van der Waals surface area (Å²) in [6.07, 6.45) is 2.16. The highest BCUT2D eigenvalue weighted by atomic mass is 16.5. The first-order valence-corrected chi connectivity index (χ1v) is 6.47. The highest BCUT2D eigenvalue weighted by Crippen LogP contribution is 2.19. The molecule has 2 rings (SSSR count). The average molecular weight is 242 g/mol. The number of hydrogen-bond acceptors (Lipinski definition) is 4. The van der Waals surface area contributed by atoms with Crippen molar-refractivity contribution in [3.05, 3.63) is 0 Å². The Balaban J connectivity index is 1.79. The summed E-state index contributed by atoms with van der Waals surface area (Å²) in [5.74, 6) is -0.713. The summed E-state index contributed by atoms with van der Waals surface area (Å²) in [6.45, 7) is 7.30. The summed E-state index contributed by atoms with van der Waals surface area (Å²) in [6, 6.07) is 0.275. The number of morpholine rings is 1. The lowest BCUT2D eigenvalue weighted by Gasteiger charge is -2.41. The predicted molar refractivity (Wildman–Crippen MR) is 64.1 cm³/mol. The largest absolute Gasteiger partial charge is 0.480 e. The Morgan fingerprint density at radius 2 is 1.82 bits per heavy atom. The Hall–Kier alpha value is -0.650. The fraction of sp³-hybridized carbons (Fsp3) is 0.917. The SMILES string of the molecule is C[C@H](C(=O)O)N1CCC(N2CCOCC2)CC1. The fourth-order valence-electron chi connectivity index (χ4n) is 2.74. The third-order valence-corrected chi connectivity index (χ3v) is 3.97. The number of rotatable bonds is 3. The van der Waals surface area contributed by atoms with E-state index < -0.39 is 5.97 Å². The summed E-state index contributed by atoms with van der Waals surface area (Å²) >= 11 is 0. The van der Waals surface area contributed by atoms with Gasteiger partial charge in [-0.2, -0.15) is 0 Å². The molecule has 5 nitrogen and oxygen atoms in total. The van der Waals surface area contributed by atoms with E-state index in [9.17, 15) is 4.79 Å². The zero-order valence-corrected chi connectivity index (χ0v) is 10.5. The molecule has 1 atom stereocenters. The molecule has 17 heavy (non-hydrogen) atoms. The van der Waals surface area contributed by atoms with Crippen LogP contribution in [0.3, 0.4) is 0 Å². The number of ether oxygens (including phenoxy) is 1. The summed E-state index contributed by atoms with van der Waals surface area (Å²) in [7, 11) is 0. The second-order valence-electron chi connectivity index (χ2n) is 4.93. The third-order valence-electron chi connectivity index (χ3n) is 3.97. The van der Waals surface area contributed by atoms with E-state index in [4.69, 9.17) is 9.84 Å². The normalized spacial score (nSPS) is 26.9. The van der Waals surface area contributed by atoms with Gasteiger partial charge in [-0.1, -0.05) is 0 Å². The van der Waals surface area contributed by atoms with E-state index in [0.717, 1.165) is 52.2 Å². The lowest BCUT2D eigenvalue weighted by atomic mass is 10.0. The van der Waals surface area contributed by atoms with Crippen LogP contribution in [-0.4, -0.2) is 72.4 Å². The van der Waals surface area contributed by atoms with Crippen molar-refractivity contribution in [2.45, 2.75) is 31.8 Å². The van der Waals surface area contributed by atoms with Crippen molar-refractivity contribution in [3.8, 4) is 0 Å². The zero-order valence-electron chi connectivity index (χ0n) is 10.5. The molecular weight excluding hydrogens is 220 g/mol. The molecule has 5 heteroatoms. The van der Waals surface area contributed by atoms with Gasteiger partial charge < -0.3 is 9.84 Å². The van der Waals surface area contributed by atoms with Crippen LogP contribution in [0.5, 0.6) is 0 Å². The van der Waals surface area contributed by atoms with Crippen molar-refractivity contribution in [1.29, 1.82) is 0 Å². The molecule has 0 aromatic heterocycles. The van der Waals surface area contributed by atoms with Crippen LogP contribution in [-0.2, 0) is 9.53 Å². The lowest BCUT2D eigenvalue weighted by Crippen LogP contribution is -2.51. The summed E-state index contributed by atoms with van der Waals surface area (Å²) < 4.78 is 5.35. The van der Waals surface area contributed by atoms with Crippen LogP contribution in [0.15, 0.2) is 0 Å². The van der Waals surface area contributed by atoms with E-state index in [2.05, 4.69) is 9.80 Å². The molecule has 0 saturated carbocycles. The fourth-order valence-corrected chi connectivity index (χ4v) is 2.74. The number of carboxylic acids is 1. The minimum atomic E-state index is -0.713. The number of nitrogens with zero attached hydrogens (tertiary/aromatic N) is 2. The minimum Gasteiger partial charge on any atom is -0.480 e. The first-order chi connectivity index (χ1) is 8.18. The molecule has 2 heterocycles. The van der Waals surface area contributed by atoms with Gasteiger partial charge in [-0.3, -0.25) is 14.6 Å². The molecule has 0 spiro atoms. The first-order valence-electron chi connectivity index (χ1n) is 6.47. The Bertz CT molecular complexity index is 258. The molecule has 0 unspecified atom stereocenters. The van der Waals surface area contributed by atoms with Gasteiger partial charge in [0.05, 0.1) is 13.2 Å². The van der Waals surface area contributed by atoms with Gasteiger partial charge >= 0.3 is 5.97 Å². The van der Waals surface area contributed by atoms with E-state index in [1.807, 2.05) is 0 Å². The minimum absolute atomic E-state index is 0.347. The highest BCUT2D eigenvalue weighted by Gasteiger charge is 2.29. The van der Waals surface area contributed by atoms with Crippen LogP contribution < -0.4 is 0 Å². The van der Waals surface area contributed by atoms with Crippen molar-refractivity contribution < 1.29 is 14.6 Å². The van der Waals surface area contributed by atoms with Crippen molar-refractivity contribution in [2.24, 2.45) is 0 Å². The topological polar surface area (TPSA) is 53.0 Å². The van der Waals surface area contributed by atoms with E-state index in [1.54, 1.807) is 6.92 Å². The van der Waals surface area contributed by atoms with Crippen molar-refractivity contribution in [3.63, 3.8) is 0 Å². The Morgan fingerprint density at radius 1 is 1.24 bits per heavy atom. The number of carboxylic acid groups (broad SMARTS) is 1. The number of piperidine rings is 1. The summed E-state index contributed by atoms with van der Waals surface area (Å²) in [5, 5.41) is 8.98. The maximum atomic E-state index is 10.9. The first kappa shape index (κ1) is 12.8. The molecular formula is C12H22N2O3. The van der Waals surface area contributed by atoms with E-state index in [-0.39, 0.29) is 6.04 Å². The monoisotopic (exact) mass is 242 g/mol. The number of hydrogen-bond donors (Lipinski definition) is 1. The van der Waals surface area contributed by atoms with Crippen LogP contribution in [0.25, 0.3) is 0 Å². The molecule has 0 bridgehead atoms. The summed E-state index contributed by atoms with van der Waals surface area (Å²) in [5.41, 5.74) is 0. The van der Waals surface area contributed by atoms with E-state index >= 15 is 0 Å². The van der Waals surface area contributed by atoms with Crippen LogP contribution in [0.4, 0.5) is 0 Å². The van der Waals surface area contributed by atoms with Crippen molar-refractivity contribution in [1.82, 2.24) is 9.80 Å². The van der Waals surface area contributed by atoms with Crippen LogP contribution in [0, 0.1) is 0 Å². The van der Waals surface area contributed by atoms with Gasteiger partial charge in [0, 0.05) is 32.2 Å². The molecule has 2 aliphatic rings. The molecule has 2 aliphatic heterocycles. The molecule has 0 aromatic carbocycles. The molecule has 0 amide bonds. The predicted octanol–water partition coefficient (Wildman–Crippen LogP) is 0.256. The summed E-state index contributed by atoms with van der Waals surface area (Å²) in [4.78, 5) is 15.5. The molecule has 2 saturated heterocycles. The van der Waals surface area contributed by atoms with E-state index in [1.165, 1.54) is 0 Å². The Kier molecular flexibility index (Phi) is 4.36. The number of carbonyl (C=O) groups is 1. The average Bonchev–Trinajstić information content (AvgIpc) is 2.39. The van der Waals surface area contributed by atoms with Crippen molar-refractivity contribution in [2.75, 3.05) is 39.4 Å². The quantitative estimate of drug-likeness (QED) is 0.769. The maximum absolute atomic E-state index is 10.9. The van der Waals surface area contributed by atoms with Gasteiger partial charge in [0.2, 0.25) is 0 Å². The van der Waals surface area contributed by atoms with Gasteiger partial charge in [0.15, 0.2) is 0 Å². The van der Waals surface area contributed by atoms with Crippen molar-refractivity contribution >= 4 is 5.97 Å². The molecule has 1 N–H and O–H groups in total. The van der Waals surface area contributed by atoms with Gasteiger partial charge in [0.25, 0.3) is 0 Å². The highest BCUT2D eigenvalue weighted by molar-refractivity contribution is 5.72. The zero-order chi connectivity index (χ0) is 12.3. The smallest absolute Gasteiger partial charge is 0.320 e. The maximum Gasteiger partial charge on any atom is 0.320 e. The van der Waals surface area contributed by atoms with Crippen LogP contribution >= 0.6 is 0 Å². The van der Waals surface area contributed by atoms with Gasteiger partial charge in [-0.15, -0.1) is 0 Å². The Morgan fingerprint density at radius 3 is 2.35 bits per heavy atom. The number of likely N-dealkylation sites (tertiary alicyclic amines) is 1. The second-order valence-corrected chi connectivity index (χ2v) is 4.93. The van der Waals surface area contributed by atoms with Gasteiger partial charge in [0.1, 0.15) is 6.04 Å². The third kappa shape index (κ3) is 3.18. The van der Waals surface area contributed by atoms with Gasteiger partial charge in [-0.25, -0.2) is 0 Å². The lowest BCUT2D eigenvalue weighted by molar-refractivity contribution is -0.143. The molecule has 2 fully saturated rings. The standard InChI is InChI=1S/C12H22N2O3/c1-10(12(15)16)13-4-2-11(3-5-13)14-6-8-17-9-7-14/h10-11H,2-9H2,1H3,(H,15,16)/t10-/m1/s1. The molecule has 0 radical (unpaired) electrons. The van der Waals surface area contributed by atoms with Crippen LogP contribution in [0.1, 0.15) is 19.8 Å². The van der Waals surface area contributed by atoms with Gasteiger partial charge in [-0.05, 0) is 19.8 Å². The van der Waals surface area contributed by atoms with E-state index in [0.29, 0.717) is 6.04 Å². The number of aliphatic carboxylic acids is 1. The molecule has 0 aromatic rings. The Labute approximate surface area is 102 Å². The molecule has 0 aliphatic carbocycles. The second kappa shape index (κ2) is 5.80.